The standard InChI is InChI=1S/C13H17NO5/c1-3-19-13(17)7-6-12(16)14-10-8-9(18-2)4-5-11(10)15/h4-5,8,15H,3,6-7H2,1-2H3,(H,14,16). The van der Waals surface area contributed by atoms with Crippen molar-refractivity contribution < 1.29 is 24.2 Å². The minimum atomic E-state index is -0.424. The monoisotopic (exact) mass is 267 g/mol. The molecule has 1 aromatic rings. The van der Waals surface area contributed by atoms with Gasteiger partial charge in [0.2, 0.25) is 5.91 Å². The normalized spacial score (nSPS) is 9.79. The molecule has 19 heavy (non-hydrogen) atoms. The number of hydrogen-bond donors (Lipinski definition) is 2. The van der Waals surface area contributed by atoms with E-state index in [9.17, 15) is 14.7 Å². The number of anilines is 1. The Hall–Kier alpha value is -2.24. The SMILES string of the molecule is CCOC(=O)CCC(=O)Nc1cc(OC)ccc1O. The smallest absolute Gasteiger partial charge is 0.306 e. The van der Waals surface area contributed by atoms with Crippen LogP contribution >= 0.6 is 0 Å². The predicted octanol–water partition coefficient (Wildman–Crippen LogP) is 1.68. The Labute approximate surface area is 111 Å². The second-order valence-electron chi connectivity index (χ2n) is 3.74. The molecule has 0 atom stereocenters. The van der Waals surface area contributed by atoms with Crippen LogP contribution in [0.2, 0.25) is 0 Å². The average molecular weight is 267 g/mol. The minimum absolute atomic E-state index is 0.00437. The lowest BCUT2D eigenvalue weighted by atomic mass is 10.2. The van der Waals surface area contributed by atoms with Gasteiger partial charge in [-0.15, -0.1) is 0 Å². The highest BCUT2D eigenvalue weighted by atomic mass is 16.5. The Morgan fingerprint density at radius 3 is 2.68 bits per heavy atom. The molecule has 0 bridgehead atoms. The topological polar surface area (TPSA) is 84.9 Å². The van der Waals surface area contributed by atoms with Crippen molar-refractivity contribution in [3.8, 4) is 11.5 Å². The molecule has 6 heteroatoms. The van der Waals surface area contributed by atoms with Gasteiger partial charge in [0.25, 0.3) is 0 Å². The zero-order valence-corrected chi connectivity index (χ0v) is 10.9. The number of hydrogen-bond acceptors (Lipinski definition) is 5. The van der Waals surface area contributed by atoms with Crippen molar-refractivity contribution in [3.05, 3.63) is 18.2 Å². The van der Waals surface area contributed by atoms with E-state index in [2.05, 4.69) is 5.32 Å². The molecule has 0 radical (unpaired) electrons. The third-order valence-corrected chi connectivity index (χ3v) is 2.34. The quantitative estimate of drug-likeness (QED) is 0.605. The zero-order valence-electron chi connectivity index (χ0n) is 10.9. The van der Waals surface area contributed by atoms with Gasteiger partial charge in [-0.3, -0.25) is 9.59 Å². The van der Waals surface area contributed by atoms with E-state index in [1.165, 1.54) is 19.2 Å². The molecule has 0 aliphatic rings. The van der Waals surface area contributed by atoms with E-state index < -0.39 is 5.97 Å². The van der Waals surface area contributed by atoms with Crippen molar-refractivity contribution in [2.75, 3.05) is 19.0 Å². The van der Waals surface area contributed by atoms with Crippen LogP contribution in [-0.2, 0) is 14.3 Å². The summed E-state index contributed by atoms with van der Waals surface area (Å²) in [6.45, 7) is 1.99. The third-order valence-electron chi connectivity index (χ3n) is 2.34. The molecule has 1 aromatic carbocycles. The summed E-state index contributed by atoms with van der Waals surface area (Å²) >= 11 is 0. The van der Waals surface area contributed by atoms with Gasteiger partial charge in [0.05, 0.1) is 25.8 Å². The molecule has 0 aliphatic heterocycles. The van der Waals surface area contributed by atoms with Crippen LogP contribution in [0, 0.1) is 0 Å². The van der Waals surface area contributed by atoms with Crippen molar-refractivity contribution in [2.24, 2.45) is 0 Å². The Balaban J connectivity index is 2.54. The van der Waals surface area contributed by atoms with Crippen LogP contribution in [0.5, 0.6) is 11.5 Å². The number of carbonyl (C=O) groups excluding carboxylic acids is 2. The van der Waals surface area contributed by atoms with E-state index in [0.29, 0.717) is 5.75 Å². The lowest BCUT2D eigenvalue weighted by Gasteiger charge is -2.09. The average Bonchev–Trinajstić information content (AvgIpc) is 2.39. The highest BCUT2D eigenvalue weighted by molar-refractivity contribution is 5.94. The Morgan fingerprint density at radius 1 is 1.32 bits per heavy atom. The number of rotatable bonds is 6. The molecule has 0 saturated heterocycles. The van der Waals surface area contributed by atoms with Gasteiger partial charge in [0.15, 0.2) is 0 Å². The molecular formula is C13H17NO5. The molecule has 0 aromatic heterocycles. The second-order valence-corrected chi connectivity index (χ2v) is 3.74. The highest BCUT2D eigenvalue weighted by Gasteiger charge is 2.10. The van der Waals surface area contributed by atoms with E-state index in [4.69, 9.17) is 9.47 Å². The van der Waals surface area contributed by atoms with Crippen LogP contribution in [0.4, 0.5) is 5.69 Å². The molecule has 0 spiro atoms. The summed E-state index contributed by atoms with van der Waals surface area (Å²) < 4.78 is 9.70. The largest absolute Gasteiger partial charge is 0.506 e. The molecule has 0 saturated carbocycles. The van der Waals surface area contributed by atoms with Gasteiger partial charge in [0.1, 0.15) is 11.5 Å². The van der Waals surface area contributed by atoms with Crippen molar-refractivity contribution in [1.29, 1.82) is 0 Å². The molecule has 6 nitrogen and oxygen atoms in total. The Kier molecular flexibility index (Phi) is 5.66. The first-order valence-electron chi connectivity index (χ1n) is 5.89. The maximum Gasteiger partial charge on any atom is 0.306 e. The van der Waals surface area contributed by atoms with Crippen LogP contribution in [-0.4, -0.2) is 30.7 Å². The maximum absolute atomic E-state index is 11.6. The number of aromatic hydroxyl groups is 1. The fourth-order valence-electron chi connectivity index (χ4n) is 1.40. The molecule has 0 unspecified atom stereocenters. The van der Waals surface area contributed by atoms with Gasteiger partial charge in [-0.05, 0) is 19.1 Å². The van der Waals surface area contributed by atoms with E-state index in [-0.39, 0.29) is 36.8 Å². The summed E-state index contributed by atoms with van der Waals surface area (Å²) in [7, 11) is 1.48. The van der Waals surface area contributed by atoms with Crippen LogP contribution in [0.3, 0.4) is 0 Å². The summed E-state index contributed by atoms with van der Waals surface area (Å²) in [6.07, 6.45) is -0.000112. The number of amides is 1. The van der Waals surface area contributed by atoms with Crippen LogP contribution in [0.1, 0.15) is 19.8 Å². The summed E-state index contributed by atoms with van der Waals surface area (Å²) in [5, 5.41) is 12.1. The van der Waals surface area contributed by atoms with Crippen LogP contribution in [0.25, 0.3) is 0 Å². The van der Waals surface area contributed by atoms with Gasteiger partial charge in [-0.25, -0.2) is 0 Å². The summed E-state index contributed by atoms with van der Waals surface area (Å²) in [4.78, 5) is 22.7. The Bertz CT molecular complexity index is 458. The van der Waals surface area contributed by atoms with Crippen molar-refractivity contribution in [3.63, 3.8) is 0 Å². The van der Waals surface area contributed by atoms with Crippen molar-refractivity contribution in [2.45, 2.75) is 19.8 Å². The van der Waals surface area contributed by atoms with E-state index >= 15 is 0 Å². The summed E-state index contributed by atoms with van der Waals surface area (Å²) in [5.41, 5.74) is 0.244. The number of nitrogens with one attached hydrogen (secondary N) is 1. The third kappa shape index (κ3) is 4.87. The first kappa shape index (κ1) is 14.8. The summed E-state index contributed by atoms with van der Waals surface area (Å²) in [6, 6.07) is 4.49. The fourth-order valence-corrected chi connectivity index (χ4v) is 1.40. The number of ether oxygens (including phenoxy) is 2. The molecule has 0 aliphatic carbocycles. The van der Waals surface area contributed by atoms with E-state index in [0.717, 1.165) is 0 Å². The molecule has 1 amide bonds. The van der Waals surface area contributed by atoms with Gasteiger partial charge < -0.3 is 19.9 Å². The van der Waals surface area contributed by atoms with Crippen LogP contribution < -0.4 is 10.1 Å². The van der Waals surface area contributed by atoms with Gasteiger partial charge in [-0.2, -0.15) is 0 Å². The first-order chi connectivity index (χ1) is 9.06. The first-order valence-corrected chi connectivity index (χ1v) is 5.89. The molecule has 2 N–H and O–H groups in total. The number of methoxy groups -OCH3 is 1. The van der Waals surface area contributed by atoms with E-state index in [1.54, 1.807) is 13.0 Å². The maximum atomic E-state index is 11.6. The molecule has 104 valence electrons. The lowest BCUT2D eigenvalue weighted by Crippen LogP contribution is -2.14. The van der Waals surface area contributed by atoms with Gasteiger partial charge in [-0.1, -0.05) is 0 Å². The second kappa shape index (κ2) is 7.25. The van der Waals surface area contributed by atoms with Gasteiger partial charge >= 0.3 is 5.97 Å². The number of phenolic OH excluding ortho intramolecular Hbond substituents is 1. The Morgan fingerprint density at radius 2 is 2.05 bits per heavy atom. The van der Waals surface area contributed by atoms with E-state index in [1.807, 2.05) is 0 Å². The number of phenols is 1. The molecule has 1 rings (SSSR count). The van der Waals surface area contributed by atoms with Gasteiger partial charge in [0, 0.05) is 12.5 Å². The molecule has 0 fully saturated rings. The molecule has 0 heterocycles. The van der Waals surface area contributed by atoms with Crippen molar-refractivity contribution >= 4 is 17.6 Å². The number of carbonyl (C=O) groups is 2. The summed E-state index contributed by atoms with van der Waals surface area (Å²) in [5.74, 6) is -0.354. The minimum Gasteiger partial charge on any atom is -0.506 e. The number of esters is 1. The predicted molar refractivity (Wildman–Crippen MR) is 69.2 cm³/mol. The fraction of sp³-hybridized carbons (Fsp3) is 0.385. The number of benzene rings is 1. The molecular weight excluding hydrogens is 250 g/mol. The van der Waals surface area contributed by atoms with Crippen LogP contribution in [0.15, 0.2) is 18.2 Å². The van der Waals surface area contributed by atoms with Crippen molar-refractivity contribution in [1.82, 2.24) is 0 Å². The lowest BCUT2D eigenvalue weighted by molar-refractivity contribution is -0.144. The highest BCUT2D eigenvalue weighted by Crippen LogP contribution is 2.27. The zero-order chi connectivity index (χ0) is 14.3.